The molecule has 0 aliphatic carbocycles. The molecule has 0 aromatic heterocycles. The smallest absolute Gasteiger partial charge is 0.320 e. The van der Waals surface area contributed by atoms with E-state index in [1.807, 2.05) is 24.3 Å². The van der Waals surface area contributed by atoms with E-state index in [1.54, 1.807) is 25.3 Å². The summed E-state index contributed by atoms with van der Waals surface area (Å²) in [6.45, 7) is 1.69. The summed E-state index contributed by atoms with van der Waals surface area (Å²) in [5.41, 5.74) is 1.46. The summed E-state index contributed by atoms with van der Waals surface area (Å²) in [6.07, 6.45) is 0. The number of rotatable bonds is 8. The Hall–Kier alpha value is -3.02. The molecule has 0 spiro atoms. The Bertz CT molecular complexity index is 766. The van der Waals surface area contributed by atoms with E-state index >= 15 is 0 Å². The maximum atomic E-state index is 11.9. The second kappa shape index (κ2) is 8.89. The van der Waals surface area contributed by atoms with Gasteiger partial charge in [0.1, 0.15) is 24.1 Å². The van der Waals surface area contributed by atoms with E-state index in [4.69, 9.17) is 18.9 Å². The Morgan fingerprint density at radius 3 is 2.15 bits per heavy atom. The van der Waals surface area contributed by atoms with Crippen LogP contribution in [0.3, 0.4) is 0 Å². The first-order valence-corrected chi connectivity index (χ1v) is 8.02. The Morgan fingerprint density at radius 1 is 0.923 bits per heavy atom. The van der Waals surface area contributed by atoms with Crippen molar-refractivity contribution in [3.63, 3.8) is 0 Å². The van der Waals surface area contributed by atoms with Crippen LogP contribution < -0.4 is 14.2 Å². The normalized spacial score (nSPS) is 11.4. The lowest BCUT2D eigenvalue weighted by Crippen LogP contribution is -2.21. The number of methoxy groups -OCH3 is 3. The molecule has 2 aromatic carbocycles. The van der Waals surface area contributed by atoms with Gasteiger partial charge in [0.05, 0.1) is 21.3 Å². The van der Waals surface area contributed by atoms with Crippen LogP contribution in [0, 0.1) is 0 Å². The first-order valence-electron chi connectivity index (χ1n) is 8.02. The van der Waals surface area contributed by atoms with Crippen molar-refractivity contribution in [2.24, 2.45) is 0 Å². The molecule has 0 radical (unpaired) electrons. The van der Waals surface area contributed by atoms with E-state index < -0.39 is 11.9 Å². The molecule has 2 aromatic rings. The maximum absolute atomic E-state index is 11.9. The molecule has 0 amide bonds. The van der Waals surface area contributed by atoms with Crippen LogP contribution in [-0.2, 0) is 20.9 Å². The van der Waals surface area contributed by atoms with E-state index in [0.29, 0.717) is 23.7 Å². The van der Waals surface area contributed by atoms with Crippen LogP contribution >= 0.6 is 0 Å². The van der Waals surface area contributed by atoms with Crippen molar-refractivity contribution >= 4 is 11.8 Å². The summed E-state index contributed by atoms with van der Waals surface area (Å²) in [4.78, 5) is 23.7. The Morgan fingerprint density at radius 2 is 1.62 bits per heavy atom. The Balaban J connectivity index is 2.19. The summed E-state index contributed by atoms with van der Waals surface area (Å²) in [6, 6.07) is 12.5. The van der Waals surface area contributed by atoms with E-state index in [2.05, 4.69) is 0 Å². The van der Waals surface area contributed by atoms with Crippen LogP contribution in [0.15, 0.2) is 42.5 Å². The predicted octanol–water partition coefficient (Wildman–Crippen LogP) is 3.13. The number of hydrogen-bond donors (Lipinski definition) is 0. The molecular weight excluding hydrogens is 336 g/mol. The first kappa shape index (κ1) is 19.3. The second-order valence-electron chi connectivity index (χ2n) is 5.61. The average Bonchev–Trinajstić information content (AvgIpc) is 2.66. The number of benzene rings is 2. The van der Waals surface area contributed by atoms with Crippen LogP contribution in [-0.4, -0.2) is 33.1 Å². The number of esters is 1. The largest absolute Gasteiger partial charge is 0.497 e. The number of carbonyl (C=O) groups excluding carboxylic acids is 2. The zero-order valence-electron chi connectivity index (χ0n) is 15.3. The van der Waals surface area contributed by atoms with Crippen molar-refractivity contribution in [3.8, 4) is 17.2 Å². The van der Waals surface area contributed by atoms with Crippen LogP contribution in [0.2, 0.25) is 0 Å². The molecule has 0 heterocycles. The first-order chi connectivity index (χ1) is 12.5. The molecule has 1 atom stereocenters. The van der Waals surface area contributed by atoms with Crippen molar-refractivity contribution in [3.05, 3.63) is 53.6 Å². The molecule has 0 fully saturated rings. The predicted molar refractivity (Wildman–Crippen MR) is 95.8 cm³/mol. The van der Waals surface area contributed by atoms with Gasteiger partial charge in [-0.25, -0.2) is 0 Å². The van der Waals surface area contributed by atoms with Gasteiger partial charge < -0.3 is 18.9 Å². The molecule has 2 rings (SSSR count). The molecule has 26 heavy (non-hydrogen) atoms. The third kappa shape index (κ3) is 4.53. The fourth-order valence-electron chi connectivity index (χ4n) is 2.52. The molecular formula is C20H22O6. The van der Waals surface area contributed by atoms with Crippen LogP contribution in [0.5, 0.6) is 17.2 Å². The van der Waals surface area contributed by atoms with Gasteiger partial charge in [0.2, 0.25) is 0 Å². The van der Waals surface area contributed by atoms with Crippen LogP contribution in [0.1, 0.15) is 24.0 Å². The number of ketones is 1. The molecule has 0 saturated heterocycles. The van der Waals surface area contributed by atoms with Crippen molar-refractivity contribution in [2.75, 3.05) is 21.3 Å². The minimum Gasteiger partial charge on any atom is -0.497 e. The monoisotopic (exact) mass is 358 g/mol. The van der Waals surface area contributed by atoms with Gasteiger partial charge in [0, 0.05) is 0 Å². The molecule has 0 saturated carbocycles. The second-order valence-corrected chi connectivity index (χ2v) is 5.61. The summed E-state index contributed by atoms with van der Waals surface area (Å²) in [5.74, 6) is -0.166. The summed E-state index contributed by atoms with van der Waals surface area (Å²) in [5, 5.41) is 0. The fourth-order valence-corrected chi connectivity index (χ4v) is 2.52. The van der Waals surface area contributed by atoms with Gasteiger partial charge >= 0.3 is 5.97 Å². The minimum atomic E-state index is -0.982. The molecule has 0 N–H and O–H groups in total. The molecule has 0 aliphatic heterocycles. The highest BCUT2D eigenvalue weighted by Crippen LogP contribution is 2.32. The third-order valence-corrected chi connectivity index (χ3v) is 3.92. The van der Waals surface area contributed by atoms with Crippen molar-refractivity contribution in [1.82, 2.24) is 0 Å². The highest BCUT2D eigenvalue weighted by atomic mass is 16.5. The third-order valence-electron chi connectivity index (χ3n) is 3.92. The van der Waals surface area contributed by atoms with Crippen molar-refractivity contribution in [1.29, 1.82) is 0 Å². The number of Topliss-reactive ketones (excluding diaryl/α,β-unsaturated/α-hetero) is 1. The summed E-state index contributed by atoms with van der Waals surface area (Å²) >= 11 is 0. The highest BCUT2D eigenvalue weighted by Gasteiger charge is 2.27. The lowest BCUT2D eigenvalue weighted by molar-refractivity contribution is -0.145. The van der Waals surface area contributed by atoms with Gasteiger partial charge in [-0.05, 0) is 42.3 Å². The SMILES string of the molecule is COC(=O)C(C(C)=O)c1ccc(OCc2ccc(OC)cc2)c(OC)c1. The van der Waals surface area contributed by atoms with Gasteiger partial charge in [0.15, 0.2) is 11.5 Å². The Labute approximate surface area is 152 Å². The molecule has 0 aliphatic rings. The lowest BCUT2D eigenvalue weighted by atomic mass is 9.95. The molecule has 138 valence electrons. The summed E-state index contributed by atoms with van der Waals surface area (Å²) in [7, 11) is 4.36. The zero-order chi connectivity index (χ0) is 19.1. The fraction of sp³-hybridized carbons (Fsp3) is 0.300. The quantitative estimate of drug-likeness (QED) is 0.533. The van der Waals surface area contributed by atoms with Gasteiger partial charge in [-0.1, -0.05) is 18.2 Å². The highest BCUT2D eigenvalue weighted by molar-refractivity contribution is 6.03. The van der Waals surface area contributed by atoms with Crippen LogP contribution in [0.25, 0.3) is 0 Å². The zero-order valence-corrected chi connectivity index (χ0v) is 15.3. The topological polar surface area (TPSA) is 71.1 Å². The standard InChI is InChI=1S/C20H22O6/c1-13(21)19(20(22)25-4)15-7-10-17(18(11-15)24-3)26-12-14-5-8-16(23-2)9-6-14/h5-11,19H,12H2,1-4H3. The minimum absolute atomic E-state index is 0.300. The number of ether oxygens (including phenoxy) is 4. The molecule has 1 unspecified atom stereocenters. The van der Waals surface area contributed by atoms with E-state index in [9.17, 15) is 9.59 Å². The number of hydrogen-bond acceptors (Lipinski definition) is 6. The average molecular weight is 358 g/mol. The Kier molecular flexibility index (Phi) is 6.60. The molecule has 0 bridgehead atoms. The van der Waals surface area contributed by atoms with Crippen LogP contribution in [0.4, 0.5) is 0 Å². The van der Waals surface area contributed by atoms with Gasteiger partial charge in [0.25, 0.3) is 0 Å². The molecule has 6 heteroatoms. The van der Waals surface area contributed by atoms with E-state index in [1.165, 1.54) is 21.1 Å². The lowest BCUT2D eigenvalue weighted by Gasteiger charge is -2.16. The maximum Gasteiger partial charge on any atom is 0.320 e. The van der Waals surface area contributed by atoms with E-state index in [0.717, 1.165) is 11.3 Å². The molecule has 6 nitrogen and oxygen atoms in total. The van der Waals surface area contributed by atoms with Crippen molar-refractivity contribution < 1.29 is 28.5 Å². The van der Waals surface area contributed by atoms with Gasteiger partial charge in [-0.3, -0.25) is 9.59 Å². The summed E-state index contributed by atoms with van der Waals surface area (Å²) < 4.78 is 21.0. The van der Waals surface area contributed by atoms with E-state index in [-0.39, 0.29) is 5.78 Å². The van der Waals surface area contributed by atoms with Crippen molar-refractivity contribution in [2.45, 2.75) is 19.4 Å². The van der Waals surface area contributed by atoms with Gasteiger partial charge in [-0.2, -0.15) is 0 Å². The van der Waals surface area contributed by atoms with Gasteiger partial charge in [-0.15, -0.1) is 0 Å². The number of carbonyl (C=O) groups is 2.